The van der Waals surface area contributed by atoms with Crippen molar-refractivity contribution in [3.8, 4) is 0 Å². The molecule has 0 bridgehead atoms. The van der Waals surface area contributed by atoms with E-state index in [1.165, 1.54) is 0 Å². The summed E-state index contributed by atoms with van der Waals surface area (Å²) in [5.41, 5.74) is 0. The average Bonchev–Trinajstić information content (AvgIpc) is 2.05. The summed E-state index contributed by atoms with van der Waals surface area (Å²) >= 11 is 0. The number of allylic oxidation sites excluding steroid dienone is 1. The van der Waals surface area contributed by atoms with E-state index in [2.05, 4.69) is 4.74 Å². The van der Waals surface area contributed by atoms with Crippen molar-refractivity contribution in [3.05, 3.63) is 12.2 Å². The lowest BCUT2D eigenvalue weighted by atomic mass is 10.2. The van der Waals surface area contributed by atoms with Gasteiger partial charge in [-0.3, -0.25) is 0 Å². The van der Waals surface area contributed by atoms with E-state index >= 15 is 0 Å². The van der Waals surface area contributed by atoms with Crippen molar-refractivity contribution in [2.75, 3.05) is 6.61 Å². The Kier molecular flexibility index (Phi) is 6.38. The van der Waals surface area contributed by atoms with Crippen LogP contribution < -0.4 is 0 Å². The fourth-order valence-corrected chi connectivity index (χ4v) is 0.726. The summed E-state index contributed by atoms with van der Waals surface area (Å²) in [7, 11) is 0. The number of aliphatic hydroxyl groups excluding tert-OH is 1. The maximum Gasteiger partial charge on any atom is 0.335 e. The number of hydrogen-bond acceptors (Lipinski definition) is 3. The molecule has 0 aliphatic rings. The van der Waals surface area contributed by atoms with E-state index in [0.717, 1.165) is 6.42 Å². The molecule has 70 valence electrons. The van der Waals surface area contributed by atoms with E-state index in [0.29, 0.717) is 13.0 Å². The Hall–Kier alpha value is -0.830. The minimum absolute atomic E-state index is 0.313. The van der Waals surface area contributed by atoms with Crippen molar-refractivity contribution < 1.29 is 14.6 Å². The average molecular weight is 172 g/mol. The molecule has 0 rings (SSSR count). The normalized spacial score (nSPS) is 13.2. The monoisotopic (exact) mass is 172 g/mol. The third-order valence-electron chi connectivity index (χ3n) is 1.32. The van der Waals surface area contributed by atoms with Gasteiger partial charge >= 0.3 is 5.97 Å². The van der Waals surface area contributed by atoms with Crippen molar-refractivity contribution in [1.82, 2.24) is 0 Å². The van der Waals surface area contributed by atoms with E-state index in [1.54, 1.807) is 13.0 Å². The molecule has 0 amide bonds. The number of carbonyl (C=O) groups excluding carboxylic acids is 1. The van der Waals surface area contributed by atoms with Gasteiger partial charge in [-0.25, -0.2) is 4.79 Å². The third kappa shape index (κ3) is 4.91. The second-order valence-electron chi connectivity index (χ2n) is 2.38. The molecule has 3 heteroatoms. The van der Waals surface area contributed by atoms with Gasteiger partial charge in [0.2, 0.25) is 0 Å². The molecule has 3 nitrogen and oxygen atoms in total. The molecule has 0 aromatic heterocycles. The van der Waals surface area contributed by atoms with E-state index in [-0.39, 0.29) is 0 Å². The van der Waals surface area contributed by atoms with Crippen LogP contribution in [0, 0.1) is 0 Å². The Bertz CT molecular complexity index is 152. The molecule has 1 N–H and O–H groups in total. The van der Waals surface area contributed by atoms with Crippen LogP contribution in [0.1, 0.15) is 26.7 Å². The molecule has 0 aromatic rings. The number of rotatable bonds is 5. The second kappa shape index (κ2) is 6.85. The lowest BCUT2D eigenvalue weighted by molar-refractivity contribution is -0.152. The molecule has 0 radical (unpaired) electrons. The summed E-state index contributed by atoms with van der Waals surface area (Å²) in [5, 5.41) is 9.15. The molecule has 1 atom stereocenters. The fourth-order valence-electron chi connectivity index (χ4n) is 0.726. The first-order valence-electron chi connectivity index (χ1n) is 4.22. The molecular formula is C9H16O3. The maximum absolute atomic E-state index is 10.8. The predicted molar refractivity (Wildman–Crippen MR) is 46.7 cm³/mol. The van der Waals surface area contributed by atoms with Gasteiger partial charge in [0.1, 0.15) is 0 Å². The van der Waals surface area contributed by atoms with Crippen LogP contribution in [-0.2, 0) is 9.53 Å². The molecule has 0 saturated heterocycles. The molecular weight excluding hydrogens is 156 g/mol. The molecule has 0 spiro atoms. The Morgan fingerprint density at radius 2 is 2.17 bits per heavy atom. The smallest absolute Gasteiger partial charge is 0.335 e. The van der Waals surface area contributed by atoms with Crippen LogP contribution in [0.25, 0.3) is 0 Å². The van der Waals surface area contributed by atoms with Gasteiger partial charge in [-0.1, -0.05) is 19.1 Å². The highest BCUT2D eigenvalue weighted by atomic mass is 16.5. The van der Waals surface area contributed by atoms with Gasteiger partial charge in [0.05, 0.1) is 6.61 Å². The summed E-state index contributed by atoms with van der Waals surface area (Å²) in [5.74, 6) is -0.543. The first-order chi connectivity index (χ1) is 5.72. The standard InChI is InChI=1S/C9H16O3/c1-3-5-6-7-8(10)9(11)12-4-2/h5-6,8,10H,3-4,7H2,1-2H3. The van der Waals surface area contributed by atoms with Crippen molar-refractivity contribution in [1.29, 1.82) is 0 Å². The molecule has 1 unspecified atom stereocenters. The zero-order valence-corrected chi connectivity index (χ0v) is 7.62. The first kappa shape index (κ1) is 11.2. The van der Waals surface area contributed by atoms with Gasteiger partial charge in [-0.05, 0) is 13.3 Å². The van der Waals surface area contributed by atoms with E-state index in [1.807, 2.05) is 13.0 Å². The highest BCUT2D eigenvalue weighted by Crippen LogP contribution is 1.97. The second-order valence-corrected chi connectivity index (χ2v) is 2.38. The van der Waals surface area contributed by atoms with Crippen LogP contribution >= 0.6 is 0 Å². The van der Waals surface area contributed by atoms with Crippen LogP contribution in [0.5, 0.6) is 0 Å². The van der Waals surface area contributed by atoms with E-state index in [9.17, 15) is 4.79 Å². The summed E-state index contributed by atoms with van der Waals surface area (Å²) < 4.78 is 4.61. The zero-order valence-electron chi connectivity index (χ0n) is 7.62. The van der Waals surface area contributed by atoms with E-state index < -0.39 is 12.1 Å². The van der Waals surface area contributed by atoms with Gasteiger partial charge in [0.15, 0.2) is 6.10 Å². The molecule has 12 heavy (non-hydrogen) atoms. The van der Waals surface area contributed by atoms with Crippen molar-refractivity contribution >= 4 is 5.97 Å². The SMILES string of the molecule is CCC=CCC(O)C(=O)OCC. The summed E-state index contributed by atoms with van der Waals surface area (Å²) in [6.07, 6.45) is 3.93. The molecule has 0 heterocycles. The fraction of sp³-hybridized carbons (Fsp3) is 0.667. The summed E-state index contributed by atoms with van der Waals surface area (Å²) in [4.78, 5) is 10.8. The minimum atomic E-state index is -1.01. The van der Waals surface area contributed by atoms with E-state index in [4.69, 9.17) is 5.11 Å². The zero-order chi connectivity index (χ0) is 9.40. The van der Waals surface area contributed by atoms with Crippen molar-refractivity contribution in [2.45, 2.75) is 32.8 Å². The van der Waals surface area contributed by atoms with Crippen LogP contribution in [0.4, 0.5) is 0 Å². The highest BCUT2D eigenvalue weighted by molar-refractivity contribution is 5.74. The molecule has 0 fully saturated rings. The topological polar surface area (TPSA) is 46.5 Å². The van der Waals surface area contributed by atoms with Crippen LogP contribution in [0.2, 0.25) is 0 Å². The lowest BCUT2D eigenvalue weighted by Crippen LogP contribution is -2.22. The minimum Gasteiger partial charge on any atom is -0.464 e. The highest BCUT2D eigenvalue weighted by Gasteiger charge is 2.13. The maximum atomic E-state index is 10.8. The van der Waals surface area contributed by atoms with Gasteiger partial charge in [-0.15, -0.1) is 0 Å². The largest absolute Gasteiger partial charge is 0.464 e. The number of aliphatic hydroxyl groups is 1. The number of carbonyl (C=O) groups is 1. The summed E-state index contributed by atoms with van der Waals surface area (Å²) in [6, 6.07) is 0. The predicted octanol–water partition coefficient (Wildman–Crippen LogP) is 1.27. The Balaban J connectivity index is 3.63. The van der Waals surface area contributed by atoms with Gasteiger partial charge in [0, 0.05) is 6.42 Å². The number of hydrogen-bond donors (Lipinski definition) is 1. The molecule has 0 saturated carbocycles. The Morgan fingerprint density at radius 3 is 2.67 bits per heavy atom. The molecule has 0 aliphatic carbocycles. The molecule has 0 aliphatic heterocycles. The number of esters is 1. The summed E-state index contributed by atoms with van der Waals surface area (Å²) in [6.45, 7) is 4.02. The Labute approximate surface area is 73.0 Å². The Morgan fingerprint density at radius 1 is 1.50 bits per heavy atom. The lowest BCUT2D eigenvalue weighted by Gasteiger charge is -2.05. The van der Waals surface area contributed by atoms with Gasteiger partial charge in [0.25, 0.3) is 0 Å². The van der Waals surface area contributed by atoms with Crippen molar-refractivity contribution in [2.24, 2.45) is 0 Å². The van der Waals surface area contributed by atoms with Crippen LogP contribution in [-0.4, -0.2) is 23.8 Å². The van der Waals surface area contributed by atoms with Crippen molar-refractivity contribution in [3.63, 3.8) is 0 Å². The quantitative estimate of drug-likeness (QED) is 0.501. The molecule has 0 aromatic carbocycles. The van der Waals surface area contributed by atoms with Crippen LogP contribution in [0.3, 0.4) is 0 Å². The third-order valence-corrected chi connectivity index (χ3v) is 1.32. The van der Waals surface area contributed by atoms with Crippen LogP contribution in [0.15, 0.2) is 12.2 Å². The first-order valence-corrected chi connectivity index (χ1v) is 4.22. The number of ether oxygens (including phenoxy) is 1. The van der Waals surface area contributed by atoms with Gasteiger partial charge in [-0.2, -0.15) is 0 Å². The van der Waals surface area contributed by atoms with Gasteiger partial charge < -0.3 is 9.84 Å².